The highest BCUT2D eigenvalue weighted by Gasteiger charge is 2.33. The van der Waals surface area contributed by atoms with Gasteiger partial charge in [0.2, 0.25) is 5.89 Å². The molecule has 5 nitrogen and oxygen atoms in total. The van der Waals surface area contributed by atoms with E-state index in [0.717, 1.165) is 25.0 Å². The van der Waals surface area contributed by atoms with Gasteiger partial charge in [-0.05, 0) is 38.3 Å². The van der Waals surface area contributed by atoms with E-state index in [9.17, 15) is 13.6 Å². The average Bonchev–Trinajstić information content (AvgIpc) is 2.96. The lowest BCUT2D eigenvalue weighted by Crippen LogP contribution is -2.38. The van der Waals surface area contributed by atoms with Gasteiger partial charge in [-0.3, -0.25) is 4.79 Å². The Bertz CT molecular complexity index is 750. The number of halogens is 3. The first kappa shape index (κ1) is 15.9. The topological polar surface area (TPSA) is 59.2 Å². The zero-order valence-electron chi connectivity index (χ0n) is 12.4. The van der Waals surface area contributed by atoms with Crippen LogP contribution in [0.4, 0.5) is 8.78 Å². The van der Waals surface area contributed by atoms with Gasteiger partial charge in [-0.1, -0.05) is 16.8 Å². The Balaban J connectivity index is 1.94. The number of benzene rings is 1. The van der Waals surface area contributed by atoms with Gasteiger partial charge in [0.15, 0.2) is 17.5 Å². The van der Waals surface area contributed by atoms with Crippen LogP contribution in [0.1, 0.15) is 47.4 Å². The van der Waals surface area contributed by atoms with E-state index < -0.39 is 17.5 Å². The summed E-state index contributed by atoms with van der Waals surface area (Å²) in [6.45, 7) is 2.15. The van der Waals surface area contributed by atoms with E-state index in [-0.39, 0.29) is 16.6 Å². The van der Waals surface area contributed by atoms with Gasteiger partial charge in [-0.2, -0.15) is 4.98 Å². The predicted octanol–water partition coefficient (Wildman–Crippen LogP) is 3.68. The Morgan fingerprint density at radius 3 is 2.78 bits per heavy atom. The van der Waals surface area contributed by atoms with E-state index in [1.54, 1.807) is 6.92 Å². The largest absolute Gasteiger partial charge is 0.337 e. The molecule has 3 rings (SSSR count). The summed E-state index contributed by atoms with van der Waals surface area (Å²) in [6.07, 6.45) is 2.37. The van der Waals surface area contributed by atoms with Crippen molar-refractivity contribution in [2.75, 3.05) is 6.54 Å². The molecule has 2 heterocycles. The highest BCUT2D eigenvalue weighted by atomic mass is 35.5. The fourth-order valence-electron chi connectivity index (χ4n) is 2.72. The molecule has 1 atom stereocenters. The van der Waals surface area contributed by atoms with Crippen molar-refractivity contribution in [1.82, 2.24) is 15.0 Å². The minimum atomic E-state index is -1.11. The zero-order chi connectivity index (χ0) is 16.6. The molecule has 122 valence electrons. The first-order chi connectivity index (χ1) is 11.0. The molecule has 1 amide bonds. The first-order valence-corrected chi connectivity index (χ1v) is 7.61. The Morgan fingerprint density at radius 2 is 2.09 bits per heavy atom. The maximum absolute atomic E-state index is 13.5. The lowest BCUT2D eigenvalue weighted by Gasteiger charge is -2.33. The summed E-state index contributed by atoms with van der Waals surface area (Å²) in [5, 5.41) is 3.62. The van der Waals surface area contributed by atoms with E-state index in [4.69, 9.17) is 16.1 Å². The molecule has 1 aromatic carbocycles. The summed E-state index contributed by atoms with van der Waals surface area (Å²) >= 11 is 5.91. The third-order valence-corrected chi connectivity index (χ3v) is 4.15. The molecule has 8 heteroatoms. The molecule has 23 heavy (non-hydrogen) atoms. The molecular formula is C15H14ClF2N3O2. The van der Waals surface area contributed by atoms with Crippen LogP contribution in [0.2, 0.25) is 5.02 Å². The number of rotatable bonds is 2. The van der Waals surface area contributed by atoms with Crippen LogP contribution < -0.4 is 0 Å². The van der Waals surface area contributed by atoms with E-state index in [1.807, 2.05) is 0 Å². The van der Waals surface area contributed by atoms with Gasteiger partial charge in [0.25, 0.3) is 5.91 Å². The summed E-state index contributed by atoms with van der Waals surface area (Å²) < 4.78 is 31.8. The second-order valence-corrected chi connectivity index (χ2v) is 5.84. The summed E-state index contributed by atoms with van der Waals surface area (Å²) in [4.78, 5) is 18.4. The second-order valence-electron chi connectivity index (χ2n) is 5.44. The van der Waals surface area contributed by atoms with Crippen LogP contribution in [-0.4, -0.2) is 27.5 Å². The third-order valence-electron chi connectivity index (χ3n) is 3.83. The second kappa shape index (κ2) is 6.23. The molecule has 0 saturated carbocycles. The van der Waals surface area contributed by atoms with Crippen molar-refractivity contribution in [1.29, 1.82) is 0 Å². The number of nitrogens with zero attached hydrogens (tertiary/aromatic N) is 3. The number of piperidine rings is 1. The predicted molar refractivity (Wildman–Crippen MR) is 78.0 cm³/mol. The summed E-state index contributed by atoms with van der Waals surface area (Å²) in [5.41, 5.74) is -0.0753. The number of amides is 1. The van der Waals surface area contributed by atoms with Crippen molar-refractivity contribution in [2.24, 2.45) is 0 Å². The van der Waals surface area contributed by atoms with Crippen molar-refractivity contribution < 1.29 is 18.1 Å². The Kier molecular flexibility index (Phi) is 4.30. The summed E-state index contributed by atoms with van der Waals surface area (Å²) in [5.74, 6) is -1.86. The molecule has 0 N–H and O–H groups in total. The maximum atomic E-state index is 13.5. The quantitative estimate of drug-likeness (QED) is 0.782. The number of hydrogen-bond acceptors (Lipinski definition) is 4. The molecule has 1 fully saturated rings. The molecule has 0 spiro atoms. The van der Waals surface area contributed by atoms with Gasteiger partial charge in [0, 0.05) is 6.54 Å². The molecule has 2 aromatic rings. The number of aryl methyl sites for hydroxylation is 1. The molecule has 1 aliphatic rings. The van der Waals surface area contributed by atoms with E-state index >= 15 is 0 Å². The first-order valence-electron chi connectivity index (χ1n) is 7.23. The SMILES string of the molecule is Cc1noc([C@H]2CCCCN2C(=O)c2cc(F)c(F)cc2Cl)n1. The van der Waals surface area contributed by atoms with E-state index in [2.05, 4.69) is 10.1 Å². The Hall–Kier alpha value is -2.02. The number of hydrogen-bond donors (Lipinski definition) is 0. The summed E-state index contributed by atoms with van der Waals surface area (Å²) in [6, 6.07) is 1.24. The van der Waals surface area contributed by atoms with Gasteiger partial charge in [0.05, 0.1) is 10.6 Å². The molecule has 1 aliphatic heterocycles. The third kappa shape index (κ3) is 3.06. The molecule has 0 bridgehead atoms. The van der Waals surface area contributed by atoms with Gasteiger partial charge < -0.3 is 9.42 Å². The van der Waals surface area contributed by atoms with Crippen LogP contribution >= 0.6 is 11.6 Å². The zero-order valence-corrected chi connectivity index (χ0v) is 13.1. The van der Waals surface area contributed by atoms with Crippen LogP contribution in [0.15, 0.2) is 16.7 Å². The fraction of sp³-hybridized carbons (Fsp3) is 0.400. The van der Waals surface area contributed by atoms with Crippen LogP contribution in [0.5, 0.6) is 0 Å². The smallest absolute Gasteiger partial charge is 0.256 e. The van der Waals surface area contributed by atoms with Gasteiger partial charge in [-0.15, -0.1) is 0 Å². The number of carbonyl (C=O) groups excluding carboxylic acids is 1. The van der Waals surface area contributed by atoms with Crippen LogP contribution in [-0.2, 0) is 0 Å². The number of aromatic nitrogens is 2. The molecule has 0 unspecified atom stereocenters. The average molecular weight is 342 g/mol. The molecule has 0 aliphatic carbocycles. The van der Waals surface area contributed by atoms with Crippen molar-refractivity contribution in [2.45, 2.75) is 32.2 Å². The monoisotopic (exact) mass is 341 g/mol. The molecular weight excluding hydrogens is 328 g/mol. The number of likely N-dealkylation sites (tertiary alicyclic amines) is 1. The molecule has 1 aromatic heterocycles. The fourth-order valence-corrected chi connectivity index (χ4v) is 2.95. The van der Waals surface area contributed by atoms with Crippen LogP contribution in [0.3, 0.4) is 0 Å². The maximum Gasteiger partial charge on any atom is 0.256 e. The highest BCUT2D eigenvalue weighted by Crippen LogP contribution is 2.32. The van der Waals surface area contributed by atoms with Crippen molar-refractivity contribution >= 4 is 17.5 Å². The van der Waals surface area contributed by atoms with Crippen LogP contribution in [0, 0.1) is 18.6 Å². The normalized spacial score (nSPS) is 18.3. The van der Waals surface area contributed by atoms with Crippen molar-refractivity contribution in [3.63, 3.8) is 0 Å². The minimum Gasteiger partial charge on any atom is -0.337 e. The summed E-state index contributed by atoms with van der Waals surface area (Å²) in [7, 11) is 0. The van der Waals surface area contributed by atoms with Gasteiger partial charge in [-0.25, -0.2) is 8.78 Å². The molecule has 1 saturated heterocycles. The van der Waals surface area contributed by atoms with Crippen molar-refractivity contribution in [3.05, 3.63) is 46.1 Å². The minimum absolute atomic E-state index is 0.0753. The van der Waals surface area contributed by atoms with Crippen molar-refractivity contribution in [3.8, 4) is 0 Å². The van der Waals surface area contributed by atoms with E-state index in [1.165, 1.54) is 4.90 Å². The highest BCUT2D eigenvalue weighted by molar-refractivity contribution is 6.33. The molecule has 0 radical (unpaired) electrons. The number of carbonyl (C=O) groups is 1. The Labute approximate surface area is 136 Å². The standard InChI is InChI=1S/C15H14ClF2N3O2/c1-8-19-14(23-20-8)13-4-2-3-5-21(13)15(22)9-6-11(17)12(18)7-10(9)16/h6-7,13H,2-5H2,1H3/t13-/m1/s1. The lowest BCUT2D eigenvalue weighted by molar-refractivity contribution is 0.0561. The Morgan fingerprint density at radius 1 is 1.35 bits per heavy atom. The van der Waals surface area contributed by atoms with Gasteiger partial charge in [0.1, 0.15) is 6.04 Å². The lowest BCUT2D eigenvalue weighted by atomic mass is 10.0. The van der Waals surface area contributed by atoms with Gasteiger partial charge >= 0.3 is 0 Å². The van der Waals surface area contributed by atoms with Crippen LogP contribution in [0.25, 0.3) is 0 Å². The van der Waals surface area contributed by atoms with E-state index in [0.29, 0.717) is 24.7 Å².